The van der Waals surface area contributed by atoms with Crippen molar-refractivity contribution in [2.24, 2.45) is 0 Å². The van der Waals surface area contributed by atoms with Gasteiger partial charge in [-0.05, 0) is 25.1 Å². The number of pyridine rings is 1. The molecule has 112 valence electrons. The molecule has 0 spiro atoms. The number of aromatic nitrogens is 1. The third-order valence-electron chi connectivity index (χ3n) is 2.94. The molecule has 3 N–H and O–H groups in total. The summed E-state index contributed by atoms with van der Waals surface area (Å²) in [4.78, 5) is 26.3. The molecule has 1 aromatic carbocycles. The van der Waals surface area contributed by atoms with E-state index in [0.717, 1.165) is 7.11 Å². The van der Waals surface area contributed by atoms with Crippen molar-refractivity contribution in [3.8, 4) is 0 Å². The number of aromatic amines is 1. The van der Waals surface area contributed by atoms with Crippen LogP contribution in [0.3, 0.4) is 0 Å². The Morgan fingerprint density at radius 3 is 2.86 bits per heavy atom. The first kappa shape index (κ1) is 15.0. The smallest absolute Gasteiger partial charge is 0.345 e. The minimum atomic E-state index is -0.837. The maximum Gasteiger partial charge on any atom is 0.345 e. The third kappa shape index (κ3) is 3.03. The van der Waals surface area contributed by atoms with Crippen LogP contribution in [0.1, 0.15) is 17.3 Å². The minimum Gasteiger partial charge on any atom is -0.465 e. The van der Waals surface area contributed by atoms with E-state index in [1.807, 2.05) is 0 Å². The lowest BCUT2D eigenvalue weighted by Gasteiger charge is -2.14. The molecule has 0 aliphatic heterocycles. The molecule has 1 unspecified atom stereocenters. The molecule has 0 fully saturated rings. The molecule has 0 aliphatic rings. The molecule has 6 nitrogen and oxygen atoms in total. The van der Waals surface area contributed by atoms with E-state index in [9.17, 15) is 19.1 Å². The standard InChI is InChI=1S/C14H15FN2O4/c1-7(18)6-16-12-9-5-8(15)3-4-10(9)17-13(19)11(12)14(20)21-2/h3-5,7,18H,6H2,1-2H3,(H2,16,17,19). The molecule has 2 rings (SSSR count). The molecule has 0 saturated heterocycles. The van der Waals surface area contributed by atoms with Gasteiger partial charge in [-0.2, -0.15) is 0 Å². The maximum atomic E-state index is 13.4. The Balaban J connectivity index is 2.73. The Morgan fingerprint density at radius 1 is 1.52 bits per heavy atom. The zero-order valence-corrected chi connectivity index (χ0v) is 11.6. The molecule has 2 aromatic rings. The monoisotopic (exact) mass is 294 g/mol. The van der Waals surface area contributed by atoms with Crippen molar-refractivity contribution in [1.82, 2.24) is 4.98 Å². The van der Waals surface area contributed by atoms with Crippen molar-refractivity contribution >= 4 is 22.6 Å². The molecule has 21 heavy (non-hydrogen) atoms. The van der Waals surface area contributed by atoms with E-state index in [0.29, 0.717) is 10.9 Å². The fraction of sp³-hybridized carbons (Fsp3) is 0.286. The number of hydrogen-bond donors (Lipinski definition) is 3. The molecule has 0 saturated carbocycles. The summed E-state index contributed by atoms with van der Waals surface area (Å²) in [5.41, 5.74) is -0.381. The number of benzene rings is 1. The summed E-state index contributed by atoms with van der Waals surface area (Å²) in [6.07, 6.45) is -0.710. The van der Waals surface area contributed by atoms with Crippen molar-refractivity contribution in [3.05, 3.63) is 39.9 Å². The largest absolute Gasteiger partial charge is 0.465 e. The summed E-state index contributed by atoms with van der Waals surface area (Å²) in [6.45, 7) is 1.64. The topological polar surface area (TPSA) is 91.4 Å². The number of fused-ring (bicyclic) bond motifs is 1. The van der Waals surface area contributed by atoms with Crippen LogP contribution in [0.15, 0.2) is 23.0 Å². The highest BCUT2D eigenvalue weighted by Gasteiger charge is 2.20. The van der Waals surface area contributed by atoms with Gasteiger partial charge < -0.3 is 20.1 Å². The highest BCUT2D eigenvalue weighted by molar-refractivity contribution is 6.04. The quantitative estimate of drug-likeness (QED) is 0.738. The van der Waals surface area contributed by atoms with Crippen LogP contribution >= 0.6 is 0 Å². The van der Waals surface area contributed by atoms with Crippen LogP contribution in [0.5, 0.6) is 0 Å². The molecule has 0 aliphatic carbocycles. The second kappa shape index (κ2) is 5.92. The molecule has 1 heterocycles. The van der Waals surface area contributed by atoms with Crippen LogP contribution < -0.4 is 10.9 Å². The van der Waals surface area contributed by atoms with Crippen molar-refractivity contribution in [3.63, 3.8) is 0 Å². The van der Waals surface area contributed by atoms with Crippen LogP contribution in [0, 0.1) is 5.82 Å². The fourth-order valence-corrected chi connectivity index (χ4v) is 2.00. The molecule has 7 heteroatoms. The lowest BCUT2D eigenvalue weighted by atomic mass is 10.1. The van der Waals surface area contributed by atoms with Gasteiger partial charge in [-0.1, -0.05) is 0 Å². The first-order valence-electron chi connectivity index (χ1n) is 6.29. The van der Waals surface area contributed by atoms with Crippen LogP contribution in [-0.4, -0.2) is 35.8 Å². The highest BCUT2D eigenvalue weighted by Crippen LogP contribution is 2.25. The molecule has 1 aromatic heterocycles. The minimum absolute atomic E-state index is 0.0963. The number of anilines is 1. The predicted octanol–water partition coefficient (Wildman–Crippen LogP) is 1.25. The number of nitrogens with one attached hydrogen (secondary N) is 2. The van der Waals surface area contributed by atoms with Gasteiger partial charge in [0.05, 0.1) is 24.4 Å². The van der Waals surface area contributed by atoms with Gasteiger partial charge in [-0.15, -0.1) is 0 Å². The zero-order chi connectivity index (χ0) is 15.6. The number of halogens is 1. The van der Waals surface area contributed by atoms with Gasteiger partial charge in [0.25, 0.3) is 5.56 Å². The van der Waals surface area contributed by atoms with Crippen LogP contribution in [0.4, 0.5) is 10.1 Å². The Kier molecular flexibility index (Phi) is 4.23. The molecular formula is C14H15FN2O4. The number of methoxy groups -OCH3 is 1. The molecule has 0 amide bonds. The highest BCUT2D eigenvalue weighted by atomic mass is 19.1. The molecule has 1 atom stereocenters. The number of carbonyl (C=O) groups is 1. The average Bonchev–Trinajstić information content (AvgIpc) is 2.44. The van der Waals surface area contributed by atoms with Gasteiger partial charge in [-0.3, -0.25) is 4.79 Å². The zero-order valence-electron chi connectivity index (χ0n) is 11.6. The first-order valence-corrected chi connectivity index (χ1v) is 6.29. The van der Waals surface area contributed by atoms with Gasteiger partial charge in [0.1, 0.15) is 11.4 Å². The number of rotatable bonds is 4. The van der Waals surface area contributed by atoms with Crippen molar-refractivity contribution in [2.75, 3.05) is 19.0 Å². The normalized spacial score (nSPS) is 12.2. The van der Waals surface area contributed by atoms with E-state index in [-0.39, 0.29) is 17.8 Å². The number of carbonyl (C=O) groups excluding carboxylic acids is 1. The number of esters is 1. The van der Waals surface area contributed by atoms with E-state index < -0.39 is 23.4 Å². The summed E-state index contributed by atoms with van der Waals surface area (Å²) in [5, 5.41) is 12.5. The van der Waals surface area contributed by atoms with Gasteiger partial charge in [0.2, 0.25) is 0 Å². The summed E-state index contributed by atoms with van der Waals surface area (Å²) in [7, 11) is 1.15. The first-order chi connectivity index (χ1) is 9.93. The summed E-state index contributed by atoms with van der Waals surface area (Å²) in [6, 6.07) is 3.80. The van der Waals surface area contributed by atoms with Crippen LogP contribution in [0.25, 0.3) is 10.9 Å². The summed E-state index contributed by atoms with van der Waals surface area (Å²) >= 11 is 0. The fourth-order valence-electron chi connectivity index (χ4n) is 2.00. The SMILES string of the molecule is COC(=O)c1c(NCC(C)O)c2cc(F)ccc2[nH]c1=O. The average molecular weight is 294 g/mol. The van der Waals surface area contributed by atoms with Gasteiger partial charge >= 0.3 is 5.97 Å². The Bertz CT molecular complexity index is 740. The second-order valence-electron chi connectivity index (χ2n) is 4.62. The van der Waals surface area contributed by atoms with Crippen molar-refractivity contribution < 1.29 is 19.0 Å². The number of H-pyrrole nitrogens is 1. The van der Waals surface area contributed by atoms with E-state index in [1.54, 1.807) is 6.92 Å². The second-order valence-corrected chi connectivity index (χ2v) is 4.62. The van der Waals surface area contributed by atoms with E-state index >= 15 is 0 Å². The van der Waals surface area contributed by atoms with Crippen molar-refractivity contribution in [2.45, 2.75) is 13.0 Å². The molecule has 0 radical (unpaired) electrons. The number of ether oxygens (including phenoxy) is 1. The van der Waals surface area contributed by atoms with Gasteiger partial charge in [-0.25, -0.2) is 9.18 Å². The van der Waals surface area contributed by atoms with Crippen molar-refractivity contribution in [1.29, 1.82) is 0 Å². The molecular weight excluding hydrogens is 279 g/mol. The van der Waals surface area contributed by atoms with Crippen LogP contribution in [0.2, 0.25) is 0 Å². The third-order valence-corrected chi connectivity index (χ3v) is 2.94. The maximum absolute atomic E-state index is 13.4. The Hall–Kier alpha value is -2.41. The number of hydrogen-bond acceptors (Lipinski definition) is 5. The van der Waals surface area contributed by atoms with E-state index in [1.165, 1.54) is 18.2 Å². The van der Waals surface area contributed by atoms with E-state index in [2.05, 4.69) is 15.0 Å². The number of aliphatic hydroxyl groups excluding tert-OH is 1. The summed E-state index contributed by atoms with van der Waals surface area (Å²) < 4.78 is 18.0. The lowest BCUT2D eigenvalue weighted by Crippen LogP contribution is -2.24. The van der Waals surface area contributed by atoms with E-state index in [4.69, 9.17) is 0 Å². The van der Waals surface area contributed by atoms with Gasteiger partial charge in [0.15, 0.2) is 0 Å². The summed E-state index contributed by atoms with van der Waals surface area (Å²) in [5.74, 6) is -1.35. The number of aliphatic hydroxyl groups is 1. The Morgan fingerprint density at radius 2 is 2.24 bits per heavy atom. The predicted molar refractivity (Wildman–Crippen MR) is 76.0 cm³/mol. The Labute approximate surface area is 119 Å². The van der Waals surface area contributed by atoms with Gasteiger partial charge in [0, 0.05) is 11.9 Å². The lowest BCUT2D eigenvalue weighted by molar-refractivity contribution is 0.0600. The van der Waals surface area contributed by atoms with Crippen LogP contribution in [-0.2, 0) is 4.74 Å². The molecule has 0 bridgehead atoms.